The normalized spacial score (nSPS) is 20.0. The van der Waals surface area contributed by atoms with Crippen LogP contribution in [-0.2, 0) is 20.5 Å². The summed E-state index contributed by atoms with van der Waals surface area (Å²) in [6, 6.07) is 20.7. The highest BCUT2D eigenvalue weighted by molar-refractivity contribution is 6.30. The van der Waals surface area contributed by atoms with Gasteiger partial charge in [0, 0.05) is 17.1 Å². The van der Waals surface area contributed by atoms with Crippen molar-refractivity contribution in [3.63, 3.8) is 0 Å². The van der Waals surface area contributed by atoms with Gasteiger partial charge in [-0.05, 0) is 67.7 Å². The molecule has 0 spiro atoms. The van der Waals surface area contributed by atoms with Crippen LogP contribution < -0.4 is 19.9 Å². The van der Waals surface area contributed by atoms with Gasteiger partial charge in [0.1, 0.15) is 12.3 Å². The van der Waals surface area contributed by atoms with E-state index in [1.54, 1.807) is 17.0 Å². The molecule has 2 aliphatic rings. The van der Waals surface area contributed by atoms with Gasteiger partial charge < -0.3 is 34.5 Å². The topological polar surface area (TPSA) is 104 Å². The molecule has 1 unspecified atom stereocenters. The first-order valence-electron chi connectivity index (χ1n) is 14.3. The minimum atomic E-state index is -0.738. The zero-order chi connectivity index (χ0) is 30.6. The van der Waals surface area contributed by atoms with Crippen molar-refractivity contribution in [2.45, 2.75) is 30.3 Å². The van der Waals surface area contributed by atoms with E-state index in [0.717, 1.165) is 30.8 Å². The zero-order valence-corrected chi connectivity index (χ0v) is 25.6. The fourth-order valence-electron chi connectivity index (χ4n) is 6.27. The summed E-state index contributed by atoms with van der Waals surface area (Å²) in [5.74, 6) is 0.742. The van der Waals surface area contributed by atoms with Crippen molar-refractivity contribution in [1.82, 2.24) is 9.80 Å². The molecule has 0 bridgehead atoms. The second-order valence-electron chi connectivity index (χ2n) is 11.1. The molecular weight excluding hydrogens is 570 g/mol. The predicted molar refractivity (Wildman–Crippen MR) is 164 cm³/mol. The quantitative estimate of drug-likeness (QED) is 0.359. The van der Waals surface area contributed by atoms with Crippen LogP contribution in [0.15, 0.2) is 66.7 Å². The molecule has 10 heteroatoms. The third-order valence-electron chi connectivity index (χ3n) is 8.85. The standard InChI is InChI=1S/C33H38ClN3O6/c1-40-27-19-23(20-28(41-2)29(27)42-3)30(38)37-21-33(43-22-37,25-9-11-26(34)12-10-25)15-18-36-16-13-32(14-17-36,31(35)39)24-7-5-4-6-8-24/h4-12,19-20H,13-18,21-22H2,1-3H3,(H2,35,39). The third kappa shape index (κ3) is 6.02. The first-order valence-corrected chi connectivity index (χ1v) is 14.7. The van der Waals surface area contributed by atoms with E-state index in [0.29, 0.717) is 53.6 Å². The van der Waals surface area contributed by atoms with Crippen molar-refractivity contribution >= 4 is 23.4 Å². The van der Waals surface area contributed by atoms with Crippen LogP contribution in [0.25, 0.3) is 0 Å². The number of hydrogen-bond acceptors (Lipinski definition) is 7. The molecule has 43 heavy (non-hydrogen) atoms. The number of piperidine rings is 1. The number of amides is 2. The van der Waals surface area contributed by atoms with E-state index in [1.165, 1.54) is 21.3 Å². The predicted octanol–water partition coefficient (Wildman–Crippen LogP) is 4.60. The number of hydrogen-bond donors (Lipinski definition) is 1. The second-order valence-corrected chi connectivity index (χ2v) is 11.5. The van der Waals surface area contributed by atoms with Gasteiger partial charge in [0.2, 0.25) is 11.7 Å². The second kappa shape index (κ2) is 12.8. The van der Waals surface area contributed by atoms with Gasteiger partial charge in [0.25, 0.3) is 5.91 Å². The molecular formula is C33H38ClN3O6. The van der Waals surface area contributed by atoms with Gasteiger partial charge in [-0.15, -0.1) is 0 Å². The summed E-state index contributed by atoms with van der Waals surface area (Å²) in [5, 5.41) is 0.627. The highest BCUT2D eigenvalue weighted by atomic mass is 35.5. The van der Waals surface area contributed by atoms with Crippen LogP contribution in [0.5, 0.6) is 17.2 Å². The van der Waals surface area contributed by atoms with Crippen LogP contribution in [-0.4, -0.2) is 75.9 Å². The van der Waals surface area contributed by atoms with Gasteiger partial charge in [-0.1, -0.05) is 54.1 Å². The average Bonchev–Trinajstić information content (AvgIpc) is 3.49. The number of carbonyl (C=O) groups is 2. The Labute approximate surface area is 257 Å². The lowest BCUT2D eigenvalue weighted by atomic mass is 9.72. The number of carbonyl (C=O) groups excluding carboxylic acids is 2. The Kier molecular flexibility index (Phi) is 9.15. The van der Waals surface area contributed by atoms with Crippen molar-refractivity contribution in [3.05, 3.63) is 88.4 Å². The number of ether oxygens (including phenoxy) is 4. The van der Waals surface area contributed by atoms with Crippen molar-refractivity contribution in [2.75, 3.05) is 54.2 Å². The molecule has 2 N–H and O–H groups in total. The molecule has 3 aromatic rings. The van der Waals surface area contributed by atoms with Gasteiger partial charge in [-0.3, -0.25) is 9.59 Å². The lowest BCUT2D eigenvalue weighted by Gasteiger charge is -2.41. The van der Waals surface area contributed by atoms with Gasteiger partial charge >= 0.3 is 0 Å². The molecule has 2 amide bonds. The SMILES string of the molecule is COc1cc(C(=O)N2COC(CCN3CCC(C(N)=O)(c4ccccc4)CC3)(c3ccc(Cl)cc3)C2)cc(OC)c1OC. The Hall–Kier alpha value is -3.79. The fourth-order valence-corrected chi connectivity index (χ4v) is 6.40. The Morgan fingerprint density at radius 2 is 1.53 bits per heavy atom. The first-order chi connectivity index (χ1) is 20.7. The number of nitrogens with zero attached hydrogens (tertiary/aromatic N) is 2. The van der Waals surface area contributed by atoms with E-state index in [2.05, 4.69) is 4.90 Å². The molecule has 0 radical (unpaired) electrons. The average molecular weight is 608 g/mol. The number of nitrogens with two attached hydrogens (primary N) is 1. The summed E-state index contributed by atoms with van der Waals surface area (Å²) in [7, 11) is 4.56. The van der Waals surface area contributed by atoms with Gasteiger partial charge in [0.15, 0.2) is 11.5 Å². The van der Waals surface area contributed by atoms with Crippen LogP contribution in [0.1, 0.15) is 40.7 Å². The molecule has 2 aliphatic heterocycles. The monoisotopic (exact) mass is 607 g/mol. The van der Waals surface area contributed by atoms with E-state index in [4.69, 9.17) is 36.3 Å². The van der Waals surface area contributed by atoms with E-state index >= 15 is 0 Å². The molecule has 2 heterocycles. The van der Waals surface area contributed by atoms with E-state index in [-0.39, 0.29) is 18.5 Å². The van der Waals surface area contributed by atoms with Crippen molar-refractivity contribution in [1.29, 1.82) is 0 Å². The molecule has 1 atom stereocenters. The number of primary amides is 1. The Morgan fingerprint density at radius 1 is 0.907 bits per heavy atom. The summed E-state index contributed by atoms with van der Waals surface area (Å²) >= 11 is 6.22. The van der Waals surface area contributed by atoms with Crippen molar-refractivity contribution < 1.29 is 28.5 Å². The Morgan fingerprint density at radius 3 is 2.09 bits per heavy atom. The van der Waals surface area contributed by atoms with E-state index in [1.807, 2.05) is 54.6 Å². The van der Waals surface area contributed by atoms with Gasteiger partial charge in [0.05, 0.1) is 33.3 Å². The summed E-state index contributed by atoms with van der Waals surface area (Å²) < 4.78 is 22.8. The first kappa shape index (κ1) is 30.7. The minimum absolute atomic E-state index is 0.122. The molecule has 3 aromatic carbocycles. The number of halogens is 1. The lowest BCUT2D eigenvalue weighted by molar-refractivity contribution is -0.125. The summed E-state index contributed by atoms with van der Waals surface area (Å²) in [4.78, 5) is 30.4. The highest BCUT2D eigenvalue weighted by Gasteiger charge is 2.45. The summed E-state index contributed by atoms with van der Waals surface area (Å²) in [6.07, 6.45) is 1.93. The number of likely N-dealkylation sites (tertiary alicyclic amines) is 1. The largest absolute Gasteiger partial charge is 0.493 e. The zero-order valence-electron chi connectivity index (χ0n) is 24.8. The molecule has 9 nitrogen and oxygen atoms in total. The molecule has 228 valence electrons. The van der Waals surface area contributed by atoms with Crippen LogP contribution in [0, 0.1) is 0 Å². The lowest BCUT2D eigenvalue weighted by Crippen LogP contribution is -2.50. The maximum absolute atomic E-state index is 13.8. The molecule has 0 aliphatic carbocycles. The summed E-state index contributed by atoms with van der Waals surface area (Å²) in [5.41, 5.74) is 6.88. The Balaban J connectivity index is 1.34. The molecule has 2 saturated heterocycles. The maximum Gasteiger partial charge on any atom is 0.256 e. The third-order valence-corrected chi connectivity index (χ3v) is 9.10. The molecule has 0 aromatic heterocycles. The molecule has 0 saturated carbocycles. The smallest absolute Gasteiger partial charge is 0.256 e. The fraction of sp³-hybridized carbons (Fsp3) is 0.394. The van der Waals surface area contributed by atoms with Crippen molar-refractivity contribution in [2.24, 2.45) is 5.73 Å². The maximum atomic E-state index is 13.8. The molecule has 5 rings (SSSR count). The number of methoxy groups -OCH3 is 3. The molecule has 2 fully saturated rings. The highest BCUT2D eigenvalue weighted by Crippen LogP contribution is 2.41. The summed E-state index contributed by atoms with van der Waals surface area (Å²) in [6.45, 7) is 2.65. The van der Waals surface area contributed by atoms with Crippen molar-refractivity contribution in [3.8, 4) is 17.2 Å². The van der Waals surface area contributed by atoms with Crippen LogP contribution in [0.4, 0.5) is 0 Å². The van der Waals surface area contributed by atoms with Gasteiger partial charge in [-0.2, -0.15) is 0 Å². The number of rotatable bonds is 10. The van der Waals surface area contributed by atoms with Crippen LogP contribution in [0.3, 0.4) is 0 Å². The van der Waals surface area contributed by atoms with E-state index < -0.39 is 11.0 Å². The minimum Gasteiger partial charge on any atom is -0.493 e. The number of benzene rings is 3. The van der Waals surface area contributed by atoms with E-state index in [9.17, 15) is 9.59 Å². The van der Waals surface area contributed by atoms with Crippen LogP contribution >= 0.6 is 11.6 Å². The van der Waals surface area contributed by atoms with Gasteiger partial charge in [-0.25, -0.2) is 0 Å². The van der Waals surface area contributed by atoms with Crippen LogP contribution in [0.2, 0.25) is 5.02 Å². The Bertz CT molecular complexity index is 1420.